The topological polar surface area (TPSA) is 93.2 Å². The third-order valence-electron chi connectivity index (χ3n) is 2.10. The fraction of sp³-hybridized carbons (Fsp3) is 0.300. The van der Waals surface area contributed by atoms with Crippen LogP contribution < -0.4 is 9.88 Å². The Morgan fingerprint density at radius 2 is 2.06 bits per heavy atom. The molecule has 0 bridgehead atoms. The van der Waals surface area contributed by atoms with Crippen LogP contribution in [0.5, 0.6) is 5.75 Å². The number of nitrogens with zero attached hydrogens (tertiary/aromatic N) is 1. The molecule has 0 aliphatic carbocycles. The van der Waals surface area contributed by atoms with E-state index in [1.165, 1.54) is 12.1 Å². The van der Waals surface area contributed by atoms with Gasteiger partial charge in [0.25, 0.3) is 0 Å². The Labute approximate surface area is 115 Å². The van der Waals surface area contributed by atoms with Crippen LogP contribution in [-0.4, -0.2) is 14.5 Å². The lowest BCUT2D eigenvalue weighted by Crippen LogP contribution is -2.15. The van der Waals surface area contributed by atoms with Crippen LogP contribution in [-0.2, 0) is 10.0 Å². The van der Waals surface area contributed by atoms with Crippen LogP contribution in [0, 0.1) is 11.3 Å². The molecule has 5 nitrogen and oxygen atoms in total. The van der Waals surface area contributed by atoms with Crippen LogP contribution in [0.4, 0.5) is 0 Å². The van der Waals surface area contributed by atoms with E-state index >= 15 is 0 Å². The zero-order valence-corrected chi connectivity index (χ0v) is 11.7. The Balaban J connectivity index is 3.22. The molecule has 0 amide bonds. The molecule has 0 heterocycles. The molecule has 0 saturated heterocycles. The van der Waals surface area contributed by atoms with Crippen LogP contribution >= 0.6 is 23.2 Å². The minimum absolute atomic E-state index is 0.0862. The molecule has 1 aromatic rings. The molecule has 2 N–H and O–H groups in total. The number of halogens is 2. The lowest BCUT2D eigenvalue weighted by atomic mass is 10.3. The maximum atomic E-state index is 11.2. The second-order valence-corrected chi connectivity index (χ2v) is 5.66. The second kappa shape index (κ2) is 5.76. The molecule has 0 aliphatic heterocycles. The molecule has 1 aromatic carbocycles. The fourth-order valence-corrected chi connectivity index (χ4v) is 2.53. The Morgan fingerprint density at radius 3 is 2.50 bits per heavy atom. The molecule has 0 saturated carbocycles. The number of nitriles is 1. The van der Waals surface area contributed by atoms with Crippen molar-refractivity contribution in [1.29, 1.82) is 5.26 Å². The lowest BCUT2D eigenvalue weighted by molar-refractivity contribution is 0.252. The van der Waals surface area contributed by atoms with E-state index < -0.39 is 16.1 Å². The first-order chi connectivity index (χ1) is 8.31. The summed E-state index contributed by atoms with van der Waals surface area (Å²) in [5, 5.41) is 13.4. The van der Waals surface area contributed by atoms with Gasteiger partial charge in [0.15, 0.2) is 6.10 Å². The van der Waals surface area contributed by atoms with Gasteiger partial charge in [-0.1, -0.05) is 30.1 Å². The van der Waals surface area contributed by atoms with Crippen molar-refractivity contribution >= 4 is 33.2 Å². The molecule has 0 fully saturated rings. The third-order valence-corrected chi connectivity index (χ3v) is 4.03. The van der Waals surface area contributed by atoms with Crippen molar-refractivity contribution in [3.05, 3.63) is 22.2 Å². The van der Waals surface area contributed by atoms with E-state index in [0.717, 1.165) is 0 Å². The van der Waals surface area contributed by atoms with Crippen molar-refractivity contribution in [2.45, 2.75) is 24.3 Å². The number of nitrogens with two attached hydrogens (primary N) is 1. The summed E-state index contributed by atoms with van der Waals surface area (Å²) < 4.78 is 27.7. The van der Waals surface area contributed by atoms with E-state index in [9.17, 15) is 8.42 Å². The SMILES string of the molecule is CCC(C#N)Oc1ccc(S(N)(=O)=O)c(Cl)c1Cl. The average molecular weight is 309 g/mol. The van der Waals surface area contributed by atoms with Gasteiger partial charge in [0.05, 0.1) is 5.02 Å². The molecule has 98 valence electrons. The largest absolute Gasteiger partial charge is 0.474 e. The summed E-state index contributed by atoms with van der Waals surface area (Å²) in [7, 11) is -3.95. The van der Waals surface area contributed by atoms with E-state index in [0.29, 0.717) is 6.42 Å². The second-order valence-electron chi connectivity index (χ2n) is 3.38. The van der Waals surface area contributed by atoms with Crippen molar-refractivity contribution in [2.24, 2.45) is 5.14 Å². The minimum atomic E-state index is -3.95. The van der Waals surface area contributed by atoms with Crippen LogP contribution in [0.2, 0.25) is 10.0 Å². The number of hydrogen-bond donors (Lipinski definition) is 1. The first kappa shape index (κ1) is 15.1. The summed E-state index contributed by atoms with van der Waals surface area (Å²) in [6, 6.07) is 4.42. The smallest absolute Gasteiger partial charge is 0.239 e. The summed E-state index contributed by atoms with van der Waals surface area (Å²) in [6.07, 6.45) is -0.222. The molecule has 8 heteroatoms. The average Bonchev–Trinajstić information content (AvgIpc) is 2.29. The van der Waals surface area contributed by atoms with Gasteiger partial charge in [-0.2, -0.15) is 5.26 Å². The predicted octanol–water partition coefficient (Wildman–Crippen LogP) is 2.32. The molecule has 1 unspecified atom stereocenters. The molecule has 18 heavy (non-hydrogen) atoms. The van der Waals surface area contributed by atoms with Crippen LogP contribution in [0.25, 0.3) is 0 Å². The summed E-state index contributed by atoms with van der Waals surface area (Å²) in [5.74, 6) is 0.141. The number of hydrogen-bond acceptors (Lipinski definition) is 4. The van der Waals surface area contributed by atoms with E-state index in [2.05, 4.69) is 0 Å². The van der Waals surface area contributed by atoms with Crippen LogP contribution in [0.15, 0.2) is 17.0 Å². The van der Waals surface area contributed by atoms with Crippen molar-refractivity contribution in [3.8, 4) is 11.8 Å². The maximum Gasteiger partial charge on any atom is 0.239 e. The number of benzene rings is 1. The van der Waals surface area contributed by atoms with Gasteiger partial charge in [0, 0.05) is 0 Å². The predicted molar refractivity (Wildman–Crippen MR) is 68.2 cm³/mol. The zero-order valence-electron chi connectivity index (χ0n) is 9.35. The van der Waals surface area contributed by atoms with Gasteiger partial charge in [0.1, 0.15) is 21.7 Å². The number of rotatable bonds is 4. The van der Waals surface area contributed by atoms with Crippen molar-refractivity contribution < 1.29 is 13.2 Å². The van der Waals surface area contributed by atoms with Gasteiger partial charge in [-0.15, -0.1) is 0 Å². The molecule has 0 spiro atoms. The third kappa shape index (κ3) is 3.27. The summed E-state index contributed by atoms with van der Waals surface area (Å²) in [6.45, 7) is 1.77. The molecule has 0 aromatic heterocycles. The first-order valence-electron chi connectivity index (χ1n) is 4.88. The molecular weight excluding hydrogens is 299 g/mol. The molecule has 1 rings (SSSR count). The van der Waals surface area contributed by atoms with Crippen LogP contribution in [0.1, 0.15) is 13.3 Å². The highest BCUT2D eigenvalue weighted by Crippen LogP contribution is 2.36. The quantitative estimate of drug-likeness (QED) is 0.923. The normalized spacial score (nSPS) is 12.8. The minimum Gasteiger partial charge on any atom is -0.474 e. The van der Waals surface area contributed by atoms with Gasteiger partial charge >= 0.3 is 0 Å². The molecule has 1 atom stereocenters. The lowest BCUT2D eigenvalue weighted by Gasteiger charge is -2.13. The Hall–Kier alpha value is -1.00. The van der Waals surface area contributed by atoms with Crippen molar-refractivity contribution in [1.82, 2.24) is 0 Å². The monoisotopic (exact) mass is 308 g/mol. The van der Waals surface area contributed by atoms with Crippen LogP contribution in [0.3, 0.4) is 0 Å². The maximum absolute atomic E-state index is 11.2. The molecule has 0 radical (unpaired) electrons. The molecular formula is C10H10Cl2N2O3S. The summed E-state index contributed by atoms with van der Waals surface area (Å²) in [4.78, 5) is -0.286. The highest BCUT2D eigenvalue weighted by molar-refractivity contribution is 7.89. The van der Waals surface area contributed by atoms with Crippen molar-refractivity contribution in [3.63, 3.8) is 0 Å². The van der Waals surface area contributed by atoms with Gasteiger partial charge < -0.3 is 4.74 Å². The number of ether oxygens (including phenoxy) is 1. The summed E-state index contributed by atoms with van der Waals surface area (Å²) in [5.41, 5.74) is 0. The van der Waals surface area contributed by atoms with E-state index in [1.54, 1.807) is 6.92 Å². The molecule has 0 aliphatic rings. The van der Waals surface area contributed by atoms with Gasteiger partial charge in [0.2, 0.25) is 10.0 Å². The van der Waals surface area contributed by atoms with Gasteiger partial charge in [-0.05, 0) is 18.6 Å². The highest BCUT2D eigenvalue weighted by Gasteiger charge is 2.19. The zero-order chi connectivity index (χ0) is 13.9. The standard InChI is InChI=1S/C10H10Cl2N2O3S/c1-2-6(5-13)17-7-3-4-8(18(14,15)16)10(12)9(7)11/h3-4,6H,2H2,1H3,(H2,14,15,16). The number of sulfonamides is 1. The first-order valence-corrected chi connectivity index (χ1v) is 7.18. The van der Waals surface area contributed by atoms with E-state index in [-0.39, 0.29) is 20.7 Å². The Kier molecular flexibility index (Phi) is 4.82. The van der Waals surface area contributed by atoms with E-state index in [1.807, 2.05) is 6.07 Å². The Morgan fingerprint density at radius 1 is 1.44 bits per heavy atom. The number of primary sulfonamides is 1. The fourth-order valence-electron chi connectivity index (χ4n) is 1.18. The Bertz CT molecular complexity index is 596. The van der Waals surface area contributed by atoms with Gasteiger partial charge in [-0.25, -0.2) is 13.6 Å². The van der Waals surface area contributed by atoms with Gasteiger partial charge in [-0.3, -0.25) is 0 Å². The summed E-state index contributed by atoms with van der Waals surface area (Å²) >= 11 is 11.7. The van der Waals surface area contributed by atoms with E-state index in [4.69, 9.17) is 38.3 Å². The highest BCUT2D eigenvalue weighted by atomic mass is 35.5. The van der Waals surface area contributed by atoms with Crippen molar-refractivity contribution in [2.75, 3.05) is 0 Å².